The van der Waals surface area contributed by atoms with E-state index >= 15 is 0 Å². The molecule has 1 aliphatic heterocycles. The summed E-state index contributed by atoms with van der Waals surface area (Å²) in [4.78, 5) is 14.2. The van der Waals surface area contributed by atoms with Gasteiger partial charge in [-0.2, -0.15) is 0 Å². The lowest BCUT2D eigenvalue weighted by atomic mass is 10.0. The van der Waals surface area contributed by atoms with Crippen molar-refractivity contribution in [2.45, 2.75) is 11.3 Å². The van der Waals surface area contributed by atoms with E-state index in [1.165, 1.54) is 0 Å². The molecule has 0 fully saturated rings. The Morgan fingerprint density at radius 2 is 2.05 bits per heavy atom. The zero-order valence-corrected chi connectivity index (χ0v) is 11.8. The van der Waals surface area contributed by atoms with E-state index in [0.29, 0.717) is 17.2 Å². The average Bonchev–Trinajstić information content (AvgIpc) is 2.54. The van der Waals surface area contributed by atoms with Gasteiger partial charge >= 0.3 is 0 Å². The molecule has 0 unspecified atom stereocenters. The molecule has 3 rings (SSSR count). The Morgan fingerprint density at radius 3 is 2.84 bits per heavy atom. The van der Waals surface area contributed by atoms with Gasteiger partial charge in [0.15, 0.2) is 5.78 Å². The summed E-state index contributed by atoms with van der Waals surface area (Å²) in [7, 11) is 1.60. The molecule has 0 radical (unpaired) electrons. The molecule has 1 heterocycles. The van der Waals surface area contributed by atoms with Crippen molar-refractivity contribution in [1.82, 2.24) is 0 Å². The van der Waals surface area contributed by atoms with Crippen molar-refractivity contribution in [1.29, 1.82) is 0 Å². The van der Waals surface area contributed by atoms with E-state index in [1.54, 1.807) is 24.9 Å². The summed E-state index contributed by atoms with van der Waals surface area (Å²) in [5, 5.41) is 0.636. The number of ether oxygens (including phenoxy) is 1. The summed E-state index contributed by atoms with van der Waals surface area (Å²) in [6.45, 7) is 0. The van der Waals surface area contributed by atoms with Crippen molar-refractivity contribution < 1.29 is 9.53 Å². The number of hydrogen-bond acceptors (Lipinski definition) is 3. The topological polar surface area (TPSA) is 26.3 Å². The third-order valence-electron chi connectivity index (χ3n) is 3.09. The molecule has 2 nitrogen and oxygen atoms in total. The zero-order chi connectivity index (χ0) is 13.4. The number of hydrogen-bond donors (Lipinski definition) is 0. The number of carbonyl (C=O) groups is 1. The summed E-state index contributed by atoms with van der Waals surface area (Å²) in [6, 6.07) is 7.63. The Labute approximate surface area is 120 Å². The van der Waals surface area contributed by atoms with Gasteiger partial charge < -0.3 is 4.74 Å². The van der Waals surface area contributed by atoms with Gasteiger partial charge in [-0.05, 0) is 29.9 Å². The quantitative estimate of drug-likeness (QED) is 0.772. The molecular weight excluding hydrogens is 280 g/mol. The minimum atomic E-state index is 0.0341. The highest BCUT2D eigenvalue weighted by atomic mass is 35.5. The number of fused-ring (bicyclic) bond motifs is 2. The van der Waals surface area contributed by atoms with E-state index < -0.39 is 0 Å². The number of halogens is 1. The first-order chi connectivity index (χ1) is 9.19. The molecule has 1 aromatic rings. The molecule has 0 N–H and O–H groups in total. The number of methoxy groups -OCH3 is 1. The van der Waals surface area contributed by atoms with Gasteiger partial charge in [-0.1, -0.05) is 35.5 Å². The molecule has 2 aliphatic rings. The van der Waals surface area contributed by atoms with Crippen LogP contribution in [-0.4, -0.2) is 12.9 Å². The number of allylic oxidation sites excluding steroid dienone is 4. The van der Waals surface area contributed by atoms with Gasteiger partial charge in [-0.15, -0.1) is 0 Å². The summed E-state index contributed by atoms with van der Waals surface area (Å²) in [6.07, 6.45) is 4.13. The maximum absolute atomic E-state index is 12.2. The summed E-state index contributed by atoms with van der Waals surface area (Å²) < 4.78 is 5.25. The Hall–Kier alpha value is -1.45. The standard InChI is InChI=1S/C15H11ClO2S/c1-18-13-8-15-9(6-11(13)16)7-12(17)10-4-2-3-5-14(10)19-15/h2-5,7-8H,6H2,1H3. The van der Waals surface area contributed by atoms with Gasteiger partial charge in [-0.3, -0.25) is 4.79 Å². The molecule has 0 aromatic heterocycles. The molecule has 1 aromatic carbocycles. The van der Waals surface area contributed by atoms with Crippen LogP contribution >= 0.6 is 23.4 Å². The van der Waals surface area contributed by atoms with E-state index in [4.69, 9.17) is 16.3 Å². The lowest BCUT2D eigenvalue weighted by Gasteiger charge is -2.17. The average molecular weight is 291 g/mol. The molecule has 4 heteroatoms. The molecule has 0 saturated heterocycles. The van der Waals surface area contributed by atoms with Crippen LogP contribution in [0.2, 0.25) is 0 Å². The number of carbonyl (C=O) groups excluding carboxylic acids is 1. The summed E-state index contributed by atoms with van der Waals surface area (Å²) in [5.41, 5.74) is 1.70. The van der Waals surface area contributed by atoms with Gasteiger partial charge in [0.2, 0.25) is 0 Å². The monoisotopic (exact) mass is 290 g/mol. The van der Waals surface area contributed by atoms with Crippen LogP contribution < -0.4 is 0 Å². The van der Waals surface area contributed by atoms with Crippen LogP contribution in [0.25, 0.3) is 0 Å². The van der Waals surface area contributed by atoms with Crippen LogP contribution in [0.1, 0.15) is 16.8 Å². The molecular formula is C15H11ClO2S. The van der Waals surface area contributed by atoms with Gasteiger partial charge in [0.05, 0.1) is 12.1 Å². The van der Waals surface area contributed by atoms with E-state index in [0.717, 1.165) is 20.9 Å². The van der Waals surface area contributed by atoms with Crippen molar-refractivity contribution in [2.75, 3.05) is 7.11 Å². The molecule has 0 bridgehead atoms. The minimum Gasteiger partial charge on any atom is -0.495 e. The number of rotatable bonds is 1. The number of ketones is 1. The fourth-order valence-electron chi connectivity index (χ4n) is 2.13. The first-order valence-electron chi connectivity index (χ1n) is 5.85. The zero-order valence-electron chi connectivity index (χ0n) is 10.3. The van der Waals surface area contributed by atoms with Crippen LogP contribution in [0.15, 0.2) is 62.6 Å². The van der Waals surface area contributed by atoms with Crippen molar-refractivity contribution in [3.8, 4) is 0 Å². The molecule has 0 spiro atoms. The Bertz CT molecular complexity index is 656. The lowest BCUT2D eigenvalue weighted by Crippen LogP contribution is -2.00. The van der Waals surface area contributed by atoms with Crippen LogP contribution in [0.4, 0.5) is 0 Å². The smallest absolute Gasteiger partial charge is 0.187 e. The highest BCUT2D eigenvalue weighted by Gasteiger charge is 2.24. The minimum absolute atomic E-state index is 0.0341. The Morgan fingerprint density at radius 1 is 1.26 bits per heavy atom. The van der Waals surface area contributed by atoms with Crippen LogP contribution in [0.5, 0.6) is 0 Å². The van der Waals surface area contributed by atoms with Crippen LogP contribution in [-0.2, 0) is 4.74 Å². The highest BCUT2D eigenvalue weighted by Crippen LogP contribution is 2.43. The maximum Gasteiger partial charge on any atom is 0.187 e. The predicted molar refractivity (Wildman–Crippen MR) is 77.3 cm³/mol. The van der Waals surface area contributed by atoms with E-state index in [1.807, 2.05) is 30.3 Å². The third kappa shape index (κ3) is 2.24. The maximum atomic E-state index is 12.2. The molecule has 0 amide bonds. The Kier molecular flexibility index (Phi) is 3.25. The lowest BCUT2D eigenvalue weighted by molar-refractivity contribution is 0.104. The normalized spacial score (nSPS) is 18.1. The third-order valence-corrected chi connectivity index (χ3v) is 4.59. The fraction of sp³-hybridized carbons (Fsp3) is 0.133. The van der Waals surface area contributed by atoms with Gasteiger partial charge in [0.25, 0.3) is 0 Å². The van der Waals surface area contributed by atoms with E-state index in [9.17, 15) is 4.79 Å². The van der Waals surface area contributed by atoms with Gasteiger partial charge in [0, 0.05) is 21.8 Å². The molecule has 0 saturated carbocycles. The molecule has 19 heavy (non-hydrogen) atoms. The van der Waals surface area contributed by atoms with Gasteiger partial charge in [0.1, 0.15) is 5.76 Å². The molecule has 1 aliphatic carbocycles. The largest absolute Gasteiger partial charge is 0.495 e. The van der Waals surface area contributed by atoms with Crippen molar-refractivity contribution >= 4 is 29.1 Å². The predicted octanol–water partition coefficient (Wildman–Crippen LogP) is 4.29. The second-order valence-electron chi connectivity index (χ2n) is 4.29. The van der Waals surface area contributed by atoms with E-state index in [2.05, 4.69) is 0 Å². The van der Waals surface area contributed by atoms with Crippen LogP contribution in [0, 0.1) is 0 Å². The fourth-order valence-corrected chi connectivity index (χ4v) is 3.50. The Balaban J connectivity index is 2.12. The van der Waals surface area contributed by atoms with Crippen LogP contribution in [0.3, 0.4) is 0 Å². The first kappa shape index (κ1) is 12.6. The summed E-state index contributed by atoms with van der Waals surface area (Å²) in [5.74, 6) is 0.708. The molecule has 0 atom stereocenters. The number of thioether (sulfide) groups is 1. The van der Waals surface area contributed by atoms with E-state index in [-0.39, 0.29) is 5.78 Å². The second kappa shape index (κ2) is 4.91. The molecule has 96 valence electrons. The number of benzene rings is 1. The SMILES string of the molecule is COC1=C(Cl)CC2=CC(=O)c3ccccc3SC2=C1. The highest BCUT2D eigenvalue weighted by molar-refractivity contribution is 8.03. The summed E-state index contributed by atoms with van der Waals surface area (Å²) >= 11 is 7.75. The van der Waals surface area contributed by atoms with Gasteiger partial charge in [-0.25, -0.2) is 0 Å². The second-order valence-corrected chi connectivity index (χ2v) is 5.83. The van der Waals surface area contributed by atoms with Crippen molar-refractivity contribution in [3.05, 3.63) is 63.3 Å². The van der Waals surface area contributed by atoms with Crippen molar-refractivity contribution in [2.24, 2.45) is 0 Å². The first-order valence-corrected chi connectivity index (χ1v) is 7.05. The van der Waals surface area contributed by atoms with Crippen molar-refractivity contribution in [3.63, 3.8) is 0 Å².